The first kappa shape index (κ1) is 13.4. The summed E-state index contributed by atoms with van der Waals surface area (Å²) in [5, 5.41) is 20.2. The normalized spacial score (nSPS) is 16.1. The highest BCUT2D eigenvalue weighted by molar-refractivity contribution is 5.78. The van der Waals surface area contributed by atoms with Crippen molar-refractivity contribution in [2.45, 2.75) is 33.8 Å². The summed E-state index contributed by atoms with van der Waals surface area (Å²) < 4.78 is 0. The molecule has 0 saturated carbocycles. The Bertz CT molecular complexity index is 186. The minimum Gasteiger partial charge on any atom is -0.394 e. The molecule has 0 heterocycles. The monoisotopic (exact) mass is 203 g/mol. The Labute approximate surface area is 85.3 Å². The van der Waals surface area contributed by atoms with Crippen molar-refractivity contribution in [3.63, 3.8) is 0 Å². The molecule has 14 heavy (non-hydrogen) atoms. The van der Waals surface area contributed by atoms with E-state index in [-0.39, 0.29) is 30.4 Å². The molecule has 3 N–H and O–H groups in total. The molecular formula is C10H21NO3. The summed E-state index contributed by atoms with van der Waals surface area (Å²) in [6.07, 6.45) is -0.869. The van der Waals surface area contributed by atoms with Crippen LogP contribution in [0, 0.1) is 11.3 Å². The molecule has 0 aromatic carbocycles. The van der Waals surface area contributed by atoms with Crippen molar-refractivity contribution < 1.29 is 15.0 Å². The number of aliphatic hydroxyl groups is 2. The molecule has 1 amide bonds. The van der Waals surface area contributed by atoms with Gasteiger partial charge in [-0.15, -0.1) is 0 Å². The van der Waals surface area contributed by atoms with Crippen LogP contribution in [-0.2, 0) is 4.79 Å². The lowest BCUT2D eigenvalue weighted by Gasteiger charge is -2.26. The van der Waals surface area contributed by atoms with E-state index in [0.29, 0.717) is 0 Å². The van der Waals surface area contributed by atoms with Crippen LogP contribution in [0.1, 0.15) is 27.7 Å². The van der Waals surface area contributed by atoms with Crippen molar-refractivity contribution in [2.75, 3.05) is 13.2 Å². The molecular weight excluding hydrogens is 182 g/mol. The summed E-state index contributed by atoms with van der Waals surface area (Å²) in [5.41, 5.74) is -0.0890. The van der Waals surface area contributed by atoms with Crippen molar-refractivity contribution in [3.8, 4) is 0 Å². The predicted molar refractivity (Wildman–Crippen MR) is 54.7 cm³/mol. The number of amides is 1. The largest absolute Gasteiger partial charge is 0.394 e. The summed E-state index contributed by atoms with van der Waals surface area (Å²) in [6.45, 7) is 7.58. The molecule has 0 saturated heterocycles. The highest BCUT2D eigenvalue weighted by Gasteiger charge is 2.26. The van der Waals surface area contributed by atoms with Crippen LogP contribution in [0.15, 0.2) is 0 Å². The minimum absolute atomic E-state index is 0.0890. The van der Waals surface area contributed by atoms with Crippen molar-refractivity contribution in [1.29, 1.82) is 0 Å². The number of rotatable bonds is 4. The van der Waals surface area contributed by atoms with E-state index < -0.39 is 6.10 Å². The van der Waals surface area contributed by atoms with E-state index in [9.17, 15) is 4.79 Å². The fourth-order valence-electron chi connectivity index (χ4n) is 0.829. The molecule has 0 rings (SSSR count). The van der Waals surface area contributed by atoms with Gasteiger partial charge in [0.25, 0.3) is 0 Å². The highest BCUT2D eigenvalue weighted by atomic mass is 16.3. The average Bonchev–Trinajstić information content (AvgIpc) is 2.10. The molecule has 0 aliphatic carbocycles. The van der Waals surface area contributed by atoms with E-state index in [4.69, 9.17) is 10.2 Å². The van der Waals surface area contributed by atoms with Crippen LogP contribution in [-0.4, -0.2) is 35.4 Å². The fourth-order valence-corrected chi connectivity index (χ4v) is 0.829. The summed E-state index contributed by atoms with van der Waals surface area (Å²) in [7, 11) is 0. The molecule has 0 radical (unpaired) electrons. The van der Waals surface area contributed by atoms with E-state index in [2.05, 4.69) is 5.32 Å². The van der Waals surface area contributed by atoms with Gasteiger partial charge in [0, 0.05) is 12.5 Å². The molecule has 0 aromatic rings. The Kier molecular flexibility index (Phi) is 5.08. The van der Waals surface area contributed by atoms with E-state index >= 15 is 0 Å². The third-order valence-electron chi connectivity index (χ3n) is 2.41. The Hall–Kier alpha value is -0.610. The first-order valence-electron chi connectivity index (χ1n) is 4.85. The number of hydrogen-bond donors (Lipinski definition) is 3. The van der Waals surface area contributed by atoms with Gasteiger partial charge in [0.1, 0.15) is 0 Å². The maximum Gasteiger partial charge on any atom is 0.223 e. The topological polar surface area (TPSA) is 69.6 Å². The first-order valence-corrected chi connectivity index (χ1v) is 4.85. The van der Waals surface area contributed by atoms with Crippen LogP contribution in [0.5, 0.6) is 0 Å². The average molecular weight is 203 g/mol. The van der Waals surface area contributed by atoms with E-state index in [1.165, 1.54) is 0 Å². The van der Waals surface area contributed by atoms with E-state index in [1.807, 2.05) is 27.7 Å². The third-order valence-corrected chi connectivity index (χ3v) is 2.41. The Morgan fingerprint density at radius 3 is 2.29 bits per heavy atom. The van der Waals surface area contributed by atoms with E-state index in [0.717, 1.165) is 0 Å². The molecule has 0 aromatic heterocycles. The second-order valence-corrected chi connectivity index (χ2v) is 4.67. The van der Waals surface area contributed by atoms with Gasteiger partial charge < -0.3 is 15.5 Å². The molecule has 0 spiro atoms. The Morgan fingerprint density at radius 1 is 1.43 bits per heavy atom. The predicted octanol–water partition coefficient (Wildman–Crippen LogP) is 0.138. The first-order chi connectivity index (χ1) is 6.29. The second kappa shape index (κ2) is 5.32. The zero-order valence-corrected chi connectivity index (χ0v) is 9.37. The van der Waals surface area contributed by atoms with Crippen molar-refractivity contribution >= 4 is 5.91 Å². The van der Waals surface area contributed by atoms with Gasteiger partial charge in [-0.3, -0.25) is 4.79 Å². The van der Waals surface area contributed by atoms with Gasteiger partial charge in [-0.1, -0.05) is 27.7 Å². The van der Waals surface area contributed by atoms with Gasteiger partial charge in [-0.2, -0.15) is 0 Å². The lowest BCUT2D eigenvalue weighted by atomic mass is 9.81. The van der Waals surface area contributed by atoms with Crippen LogP contribution >= 0.6 is 0 Å². The Balaban J connectivity index is 3.97. The zero-order valence-electron chi connectivity index (χ0n) is 9.37. The summed E-state index contributed by atoms with van der Waals surface area (Å²) in [4.78, 5) is 11.5. The number of carbonyl (C=O) groups excluding carboxylic acids is 1. The number of carbonyl (C=O) groups is 1. The second-order valence-electron chi connectivity index (χ2n) is 4.67. The lowest BCUT2D eigenvalue weighted by molar-refractivity contribution is -0.128. The molecule has 4 heteroatoms. The molecule has 4 nitrogen and oxygen atoms in total. The fraction of sp³-hybridized carbons (Fsp3) is 0.900. The summed E-state index contributed by atoms with van der Waals surface area (Å²) >= 11 is 0. The molecule has 2 atom stereocenters. The van der Waals surface area contributed by atoms with Crippen LogP contribution in [0.25, 0.3) is 0 Å². The van der Waals surface area contributed by atoms with Crippen molar-refractivity contribution in [1.82, 2.24) is 5.32 Å². The van der Waals surface area contributed by atoms with Crippen LogP contribution in [0.3, 0.4) is 0 Å². The smallest absolute Gasteiger partial charge is 0.223 e. The SMILES string of the molecule is CC(C(=O)NC[C@H](O)CO)C(C)(C)C. The van der Waals surface area contributed by atoms with Gasteiger partial charge >= 0.3 is 0 Å². The number of nitrogens with one attached hydrogen (secondary N) is 1. The number of hydrogen-bond acceptors (Lipinski definition) is 3. The number of aliphatic hydroxyl groups excluding tert-OH is 2. The van der Waals surface area contributed by atoms with Gasteiger partial charge in [0.05, 0.1) is 12.7 Å². The van der Waals surface area contributed by atoms with Gasteiger partial charge in [0.2, 0.25) is 5.91 Å². The van der Waals surface area contributed by atoms with Crippen LogP contribution in [0.4, 0.5) is 0 Å². The Morgan fingerprint density at radius 2 is 1.93 bits per heavy atom. The van der Waals surface area contributed by atoms with Gasteiger partial charge in [-0.05, 0) is 5.41 Å². The highest BCUT2D eigenvalue weighted by Crippen LogP contribution is 2.25. The third kappa shape index (κ3) is 4.58. The van der Waals surface area contributed by atoms with Gasteiger partial charge in [-0.25, -0.2) is 0 Å². The minimum atomic E-state index is -0.869. The molecule has 84 valence electrons. The van der Waals surface area contributed by atoms with E-state index in [1.54, 1.807) is 0 Å². The molecule has 0 bridgehead atoms. The summed E-state index contributed by atoms with van der Waals surface area (Å²) in [5.74, 6) is -0.210. The van der Waals surface area contributed by atoms with Gasteiger partial charge in [0.15, 0.2) is 0 Å². The van der Waals surface area contributed by atoms with Crippen LogP contribution < -0.4 is 5.32 Å². The molecule has 0 fully saturated rings. The van der Waals surface area contributed by atoms with Crippen molar-refractivity contribution in [2.24, 2.45) is 11.3 Å². The maximum atomic E-state index is 11.5. The molecule has 0 aliphatic heterocycles. The van der Waals surface area contributed by atoms with Crippen LogP contribution in [0.2, 0.25) is 0 Å². The summed E-state index contributed by atoms with van der Waals surface area (Å²) in [6, 6.07) is 0. The lowest BCUT2D eigenvalue weighted by Crippen LogP contribution is -2.40. The standard InChI is InChI=1S/C10H21NO3/c1-7(10(2,3)4)9(14)11-5-8(13)6-12/h7-8,12-13H,5-6H2,1-4H3,(H,11,14)/t7?,8-/m0/s1. The quantitative estimate of drug-likeness (QED) is 0.608. The van der Waals surface area contributed by atoms with Crippen molar-refractivity contribution in [3.05, 3.63) is 0 Å². The molecule has 1 unspecified atom stereocenters. The maximum absolute atomic E-state index is 11.5. The zero-order chi connectivity index (χ0) is 11.4. The molecule has 0 aliphatic rings.